The molecule has 4 N–H and O–H groups in total. The van der Waals surface area contributed by atoms with Crippen molar-refractivity contribution in [2.45, 2.75) is 25.2 Å². The maximum atomic E-state index is 9.13. The van der Waals surface area contributed by atoms with E-state index in [0.717, 1.165) is 24.1 Å². The first-order chi connectivity index (χ1) is 10.7. The van der Waals surface area contributed by atoms with Gasteiger partial charge < -0.3 is 11.5 Å². The third-order valence-electron chi connectivity index (χ3n) is 4.14. The van der Waals surface area contributed by atoms with E-state index in [1.165, 1.54) is 23.1 Å². The molecule has 4 nitrogen and oxygen atoms in total. The minimum absolute atomic E-state index is 0.0643. The van der Waals surface area contributed by atoms with Crippen LogP contribution in [0.15, 0.2) is 47.5 Å². The molecular weight excluding hydrogens is 272 g/mol. The minimum Gasteiger partial charge on any atom is -0.370 e. The van der Waals surface area contributed by atoms with Gasteiger partial charge in [-0.2, -0.15) is 5.26 Å². The van der Waals surface area contributed by atoms with E-state index in [4.69, 9.17) is 16.7 Å². The van der Waals surface area contributed by atoms with Crippen LogP contribution >= 0.6 is 0 Å². The van der Waals surface area contributed by atoms with Gasteiger partial charge in [0.1, 0.15) is 0 Å². The van der Waals surface area contributed by atoms with Gasteiger partial charge in [0, 0.05) is 5.92 Å². The van der Waals surface area contributed by atoms with Crippen molar-refractivity contribution in [3.05, 3.63) is 64.7 Å². The number of aryl methyl sites for hydroxylation is 1. The number of nitriles is 1. The Bertz CT molecular complexity index is 750. The second-order valence-electron chi connectivity index (χ2n) is 5.60. The van der Waals surface area contributed by atoms with Gasteiger partial charge in [0.25, 0.3) is 0 Å². The highest BCUT2D eigenvalue weighted by Gasteiger charge is 2.22. The molecule has 2 aromatic rings. The summed E-state index contributed by atoms with van der Waals surface area (Å²) in [6.45, 7) is 0. The van der Waals surface area contributed by atoms with Crippen LogP contribution in [0.5, 0.6) is 0 Å². The van der Waals surface area contributed by atoms with Gasteiger partial charge in [0.2, 0.25) is 0 Å². The molecule has 0 saturated carbocycles. The zero-order chi connectivity index (χ0) is 15.5. The molecule has 3 rings (SSSR count). The number of aliphatic imine (C=N–C) groups is 1. The summed E-state index contributed by atoms with van der Waals surface area (Å²) in [6.07, 6.45) is 3.35. The smallest absolute Gasteiger partial charge is 0.191 e. The van der Waals surface area contributed by atoms with Gasteiger partial charge in [-0.15, -0.1) is 0 Å². The SMILES string of the molecule is N#Cc1ccc2c(c1)C(c1ccc(N=C(N)N)cc1)CCC2. The van der Waals surface area contributed by atoms with Crippen molar-refractivity contribution in [3.8, 4) is 6.07 Å². The first kappa shape index (κ1) is 14.2. The molecule has 1 atom stereocenters. The Morgan fingerprint density at radius 1 is 1.14 bits per heavy atom. The second kappa shape index (κ2) is 5.90. The zero-order valence-corrected chi connectivity index (χ0v) is 12.3. The van der Waals surface area contributed by atoms with E-state index >= 15 is 0 Å². The Morgan fingerprint density at radius 2 is 1.91 bits per heavy atom. The van der Waals surface area contributed by atoms with Crippen molar-refractivity contribution >= 4 is 11.6 Å². The average molecular weight is 290 g/mol. The predicted molar refractivity (Wildman–Crippen MR) is 87.8 cm³/mol. The first-order valence-electron chi connectivity index (χ1n) is 7.40. The molecule has 0 fully saturated rings. The topological polar surface area (TPSA) is 88.2 Å². The Balaban J connectivity index is 1.97. The number of nitrogens with two attached hydrogens (primary N) is 2. The molecule has 0 radical (unpaired) electrons. The summed E-state index contributed by atoms with van der Waals surface area (Å²) in [6, 6.07) is 16.3. The fourth-order valence-electron chi connectivity index (χ4n) is 3.15. The maximum Gasteiger partial charge on any atom is 0.191 e. The molecule has 1 aliphatic carbocycles. The number of guanidine groups is 1. The predicted octanol–water partition coefficient (Wildman–Crippen LogP) is 2.93. The molecule has 0 bridgehead atoms. The van der Waals surface area contributed by atoms with Crippen molar-refractivity contribution in [2.24, 2.45) is 16.5 Å². The number of benzene rings is 2. The normalized spacial score (nSPS) is 16.4. The lowest BCUT2D eigenvalue weighted by Gasteiger charge is -2.26. The fraction of sp³-hybridized carbons (Fsp3) is 0.222. The molecule has 0 spiro atoms. The number of hydrogen-bond donors (Lipinski definition) is 2. The highest BCUT2D eigenvalue weighted by molar-refractivity contribution is 5.79. The van der Waals surface area contributed by atoms with Crippen molar-refractivity contribution in [2.75, 3.05) is 0 Å². The number of fused-ring (bicyclic) bond motifs is 1. The summed E-state index contributed by atoms with van der Waals surface area (Å²) in [5.74, 6) is 0.403. The van der Waals surface area contributed by atoms with Crippen molar-refractivity contribution in [1.82, 2.24) is 0 Å². The summed E-state index contributed by atoms with van der Waals surface area (Å²) in [5, 5.41) is 9.13. The monoisotopic (exact) mass is 290 g/mol. The van der Waals surface area contributed by atoms with Crippen LogP contribution in [0.2, 0.25) is 0 Å². The van der Waals surface area contributed by atoms with E-state index in [-0.39, 0.29) is 5.96 Å². The molecule has 1 aliphatic rings. The number of rotatable bonds is 2. The lowest BCUT2D eigenvalue weighted by atomic mass is 9.78. The third-order valence-corrected chi connectivity index (χ3v) is 4.14. The molecular formula is C18H18N4. The quantitative estimate of drug-likeness (QED) is 0.658. The van der Waals surface area contributed by atoms with E-state index in [9.17, 15) is 0 Å². The van der Waals surface area contributed by atoms with Crippen LogP contribution in [0.25, 0.3) is 0 Å². The van der Waals surface area contributed by atoms with E-state index in [1.807, 2.05) is 24.3 Å². The lowest BCUT2D eigenvalue weighted by molar-refractivity contribution is 0.616. The van der Waals surface area contributed by atoms with Gasteiger partial charge in [0.05, 0.1) is 17.3 Å². The van der Waals surface area contributed by atoms with Crippen LogP contribution in [0, 0.1) is 11.3 Å². The van der Waals surface area contributed by atoms with Crippen LogP contribution in [0.3, 0.4) is 0 Å². The Hall–Kier alpha value is -2.80. The van der Waals surface area contributed by atoms with Gasteiger partial charge in [-0.1, -0.05) is 18.2 Å². The Kier molecular flexibility index (Phi) is 3.80. The Morgan fingerprint density at radius 3 is 2.59 bits per heavy atom. The molecule has 22 heavy (non-hydrogen) atoms. The van der Waals surface area contributed by atoms with Crippen molar-refractivity contribution in [1.29, 1.82) is 5.26 Å². The third kappa shape index (κ3) is 2.79. The number of nitrogens with zero attached hydrogens (tertiary/aromatic N) is 2. The van der Waals surface area contributed by atoms with E-state index < -0.39 is 0 Å². The van der Waals surface area contributed by atoms with Crippen LogP contribution in [-0.4, -0.2) is 5.96 Å². The molecule has 0 saturated heterocycles. The molecule has 1 unspecified atom stereocenters. The zero-order valence-electron chi connectivity index (χ0n) is 12.3. The van der Waals surface area contributed by atoms with Gasteiger partial charge >= 0.3 is 0 Å². The van der Waals surface area contributed by atoms with Gasteiger partial charge in [-0.25, -0.2) is 4.99 Å². The van der Waals surface area contributed by atoms with Crippen LogP contribution < -0.4 is 11.5 Å². The van der Waals surface area contributed by atoms with Gasteiger partial charge in [0.15, 0.2) is 5.96 Å². The van der Waals surface area contributed by atoms with Gasteiger partial charge in [-0.3, -0.25) is 0 Å². The highest BCUT2D eigenvalue weighted by Crippen LogP contribution is 2.37. The van der Waals surface area contributed by atoms with E-state index in [1.54, 1.807) is 0 Å². The summed E-state index contributed by atoms with van der Waals surface area (Å²) < 4.78 is 0. The minimum atomic E-state index is 0.0643. The first-order valence-corrected chi connectivity index (χ1v) is 7.40. The molecule has 0 heterocycles. The maximum absolute atomic E-state index is 9.13. The molecule has 0 amide bonds. The molecule has 0 aliphatic heterocycles. The fourth-order valence-corrected chi connectivity index (χ4v) is 3.15. The second-order valence-corrected chi connectivity index (χ2v) is 5.60. The van der Waals surface area contributed by atoms with Crippen molar-refractivity contribution < 1.29 is 0 Å². The van der Waals surface area contributed by atoms with E-state index in [2.05, 4.69) is 29.3 Å². The highest BCUT2D eigenvalue weighted by atomic mass is 15.0. The summed E-state index contributed by atoms with van der Waals surface area (Å²) >= 11 is 0. The summed E-state index contributed by atoms with van der Waals surface area (Å²) in [4.78, 5) is 4.05. The molecule has 4 heteroatoms. The molecule has 110 valence electrons. The van der Waals surface area contributed by atoms with Gasteiger partial charge in [-0.05, 0) is 60.2 Å². The summed E-state index contributed by atoms with van der Waals surface area (Å²) in [7, 11) is 0. The average Bonchev–Trinajstić information content (AvgIpc) is 2.54. The van der Waals surface area contributed by atoms with Crippen LogP contribution in [-0.2, 0) is 6.42 Å². The molecule has 0 aromatic heterocycles. The Labute approximate surface area is 130 Å². The molecule has 2 aromatic carbocycles. The van der Waals surface area contributed by atoms with Crippen LogP contribution in [0.1, 0.15) is 41.0 Å². The standard InChI is InChI=1S/C18H18N4/c19-11-12-4-5-13-2-1-3-16(17(13)10-12)14-6-8-15(9-7-14)22-18(20)21/h4-10,16H,1-3H2,(H4,20,21,22). The van der Waals surface area contributed by atoms with Crippen molar-refractivity contribution in [3.63, 3.8) is 0 Å². The van der Waals surface area contributed by atoms with Crippen LogP contribution in [0.4, 0.5) is 5.69 Å². The van der Waals surface area contributed by atoms with E-state index in [0.29, 0.717) is 5.92 Å². The lowest BCUT2D eigenvalue weighted by Crippen LogP contribution is -2.21. The summed E-state index contributed by atoms with van der Waals surface area (Å²) in [5.41, 5.74) is 16.1. The number of hydrogen-bond acceptors (Lipinski definition) is 2. The largest absolute Gasteiger partial charge is 0.370 e.